The molecule has 0 aliphatic rings. The van der Waals surface area contributed by atoms with E-state index in [1.807, 2.05) is 39.0 Å². The maximum absolute atomic E-state index is 12.7. The van der Waals surface area contributed by atoms with Crippen molar-refractivity contribution in [1.29, 1.82) is 0 Å². The van der Waals surface area contributed by atoms with Crippen LogP contribution in [0.25, 0.3) is 0 Å². The molecule has 0 saturated carbocycles. The van der Waals surface area contributed by atoms with E-state index in [4.69, 9.17) is 4.74 Å². The third-order valence-electron chi connectivity index (χ3n) is 4.23. The second kappa shape index (κ2) is 9.23. The molecule has 0 atom stereocenters. The van der Waals surface area contributed by atoms with E-state index in [0.717, 1.165) is 26.2 Å². The highest BCUT2D eigenvalue weighted by molar-refractivity contribution is 8.00. The number of pyridine rings is 1. The number of nitrogens with one attached hydrogen (secondary N) is 1. The van der Waals surface area contributed by atoms with E-state index in [1.54, 1.807) is 10.8 Å². The molecular formula is C20H22N4O3S2. The second-order valence-corrected chi connectivity index (χ2v) is 8.97. The highest BCUT2D eigenvalue weighted by atomic mass is 32.2. The highest BCUT2D eigenvalue weighted by Crippen LogP contribution is 2.26. The van der Waals surface area contributed by atoms with Crippen molar-refractivity contribution in [2.24, 2.45) is 0 Å². The number of aryl methyl sites for hydroxylation is 3. The van der Waals surface area contributed by atoms with E-state index in [9.17, 15) is 9.59 Å². The monoisotopic (exact) mass is 430 g/mol. The fraction of sp³-hybridized carbons (Fsp3) is 0.300. The van der Waals surface area contributed by atoms with Crippen molar-refractivity contribution in [3.63, 3.8) is 0 Å². The smallest absolute Gasteiger partial charge is 0.244 e. The second-order valence-electron chi connectivity index (χ2n) is 6.57. The van der Waals surface area contributed by atoms with Gasteiger partial charge in [0.05, 0.1) is 13.3 Å². The van der Waals surface area contributed by atoms with Crippen LogP contribution >= 0.6 is 23.1 Å². The molecule has 2 aromatic heterocycles. The van der Waals surface area contributed by atoms with Crippen molar-refractivity contribution < 1.29 is 9.53 Å². The van der Waals surface area contributed by atoms with Gasteiger partial charge < -0.3 is 14.6 Å². The van der Waals surface area contributed by atoms with Crippen molar-refractivity contribution in [1.82, 2.24) is 14.8 Å². The average molecular weight is 431 g/mol. The summed E-state index contributed by atoms with van der Waals surface area (Å²) in [6, 6.07) is 7.42. The molecule has 1 aromatic carbocycles. The van der Waals surface area contributed by atoms with Crippen LogP contribution in [0.2, 0.25) is 0 Å². The lowest BCUT2D eigenvalue weighted by atomic mass is 10.1. The number of nitrogens with zero attached hydrogens (tertiary/aromatic N) is 3. The predicted octanol–water partition coefficient (Wildman–Crippen LogP) is 3.56. The maximum atomic E-state index is 12.7. The van der Waals surface area contributed by atoms with Crippen molar-refractivity contribution in [2.45, 2.75) is 37.4 Å². The molecule has 1 amide bonds. The first-order valence-electron chi connectivity index (χ1n) is 8.93. The molecule has 0 bridgehead atoms. The van der Waals surface area contributed by atoms with Gasteiger partial charge in [0.1, 0.15) is 11.6 Å². The molecule has 0 aliphatic heterocycles. The van der Waals surface area contributed by atoms with Crippen LogP contribution in [0.3, 0.4) is 0 Å². The molecule has 0 unspecified atom stereocenters. The first-order chi connectivity index (χ1) is 13.9. The lowest BCUT2D eigenvalue weighted by Crippen LogP contribution is -2.23. The number of thioether (sulfide) groups is 1. The molecule has 0 radical (unpaired) electrons. The molecule has 1 N–H and O–H groups in total. The van der Waals surface area contributed by atoms with Crippen LogP contribution in [0, 0.1) is 20.8 Å². The predicted molar refractivity (Wildman–Crippen MR) is 116 cm³/mol. The first kappa shape index (κ1) is 21.1. The van der Waals surface area contributed by atoms with Crippen LogP contribution < -0.4 is 15.5 Å². The van der Waals surface area contributed by atoms with Gasteiger partial charge in [0.25, 0.3) is 0 Å². The van der Waals surface area contributed by atoms with Crippen LogP contribution in [0.5, 0.6) is 5.75 Å². The molecule has 0 fully saturated rings. The Morgan fingerprint density at radius 3 is 2.72 bits per heavy atom. The molecule has 3 rings (SSSR count). The standard InChI is InChI=1S/C20H22N4O3S2/c1-12-5-6-13(2)16(7-12)21-19(26)10-24-9-18(27-4)17(25)8-15(24)11-28-20-23-22-14(3)29-20/h5-9H,10-11H2,1-4H3,(H,21,26). The fourth-order valence-corrected chi connectivity index (χ4v) is 4.52. The largest absolute Gasteiger partial charge is 0.491 e. The number of benzene rings is 1. The SMILES string of the molecule is COc1cn(CC(=O)Nc2cc(C)ccc2C)c(CSc2nnc(C)s2)cc1=O. The number of carbonyl (C=O) groups is 1. The van der Waals surface area contributed by atoms with Gasteiger partial charge in [-0.2, -0.15) is 0 Å². The molecular weight excluding hydrogens is 408 g/mol. The van der Waals surface area contributed by atoms with Crippen molar-refractivity contribution in [3.05, 3.63) is 62.5 Å². The molecule has 152 valence electrons. The van der Waals surface area contributed by atoms with E-state index < -0.39 is 0 Å². The minimum Gasteiger partial charge on any atom is -0.491 e. The van der Waals surface area contributed by atoms with Crippen molar-refractivity contribution in [2.75, 3.05) is 12.4 Å². The lowest BCUT2D eigenvalue weighted by molar-refractivity contribution is -0.116. The van der Waals surface area contributed by atoms with Crippen LogP contribution in [-0.4, -0.2) is 27.8 Å². The first-order valence-corrected chi connectivity index (χ1v) is 10.7. The number of amides is 1. The Hall–Kier alpha value is -2.65. The minimum absolute atomic E-state index is 0.0645. The maximum Gasteiger partial charge on any atom is 0.244 e. The summed E-state index contributed by atoms with van der Waals surface area (Å²) in [6.07, 6.45) is 1.58. The quantitative estimate of drug-likeness (QED) is 0.577. The zero-order valence-corrected chi connectivity index (χ0v) is 18.3. The van der Waals surface area contributed by atoms with Gasteiger partial charge >= 0.3 is 0 Å². The van der Waals surface area contributed by atoms with Gasteiger partial charge in [0.15, 0.2) is 10.1 Å². The summed E-state index contributed by atoms with van der Waals surface area (Å²) in [6.45, 7) is 5.88. The van der Waals surface area contributed by atoms with Crippen molar-refractivity contribution >= 4 is 34.7 Å². The number of hydrogen-bond donors (Lipinski definition) is 1. The molecule has 0 aliphatic carbocycles. The molecule has 0 spiro atoms. The molecule has 29 heavy (non-hydrogen) atoms. The van der Waals surface area contributed by atoms with E-state index >= 15 is 0 Å². The van der Waals surface area contributed by atoms with E-state index in [1.165, 1.54) is 36.3 Å². The van der Waals surface area contributed by atoms with Crippen LogP contribution in [-0.2, 0) is 17.1 Å². The molecule has 2 heterocycles. The number of ether oxygens (including phenoxy) is 1. The topological polar surface area (TPSA) is 86.1 Å². The number of anilines is 1. The van der Waals surface area contributed by atoms with Crippen LogP contribution in [0.15, 0.2) is 39.6 Å². The average Bonchev–Trinajstić information content (AvgIpc) is 3.09. The number of carbonyl (C=O) groups excluding carboxylic acids is 1. The van der Waals surface area contributed by atoms with Crippen molar-refractivity contribution in [3.8, 4) is 5.75 Å². The molecule has 9 heteroatoms. The summed E-state index contributed by atoms with van der Waals surface area (Å²) >= 11 is 2.97. The van der Waals surface area contributed by atoms with Crippen LogP contribution in [0.4, 0.5) is 5.69 Å². The third kappa shape index (κ3) is 5.45. The summed E-state index contributed by atoms with van der Waals surface area (Å²) in [5.41, 5.74) is 3.33. The van der Waals surface area contributed by atoms with E-state index in [0.29, 0.717) is 11.4 Å². The van der Waals surface area contributed by atoms with E-state index in [-0.39, 0.29) is 23.6 Å². The zero-order valence-electron chi connectivity index (χ0n) is 16.7. The normalized spacial score (nSPS) is 10.8. The number of methoxy groups -OCH3 is 1. The van der Waals surface area contributed by atoms with Gasteiger partial charge in [0, 0.05) is 23.2 Å². The van der Waals surface area contributed by atoms with E-state index in [2.05, 4.69) is 15.5 Å². The number of hydrogen-bond acceptors (Lipinski definition) is 7. The molecule has 3 aromatic rings. The highest BCUT2D eigenvalue weighted by Gasteiger charge is 2.13. The Labute approximate surface area is 177 Å². The van der Waals surface area contributed by atoms with Gasteiger partial charge in [-0.05, 0) is 38.0 Å². The fourth-order valence-electron chi connectivity index (χ4n) is 2.71. The van der Waals surface area contributed by atoms with Gasteiger partial charge in [-0.1, -0.05) is 35.2 Å². The number of aromatic nitrogens is 3. The summed E-state index contributed by atoms with van der Waals surface area (Å²) < 4.78 is 7.70. The molecule has 0 saturated heterocycles. The third-order valence-corrected chi connectivity index (χ3v) is 6.24. The lowest BCUT2D eigenvalue weighted by Gasteiger charge is -2.15. The Kier molecular flexibility index (Phi) is 6.71. The Morgan fingerprint density at radius 2 is 2.03 bits per heavy atom. The van der Waals surface area contributed by atoms with Crippen LogP contribution in [0.1, 0.15) is 21.8 Å². The summed E-state index contributed by atoms with van der Waals surface area (Å²) in [4.78, 5) is 24.9. The number of rotatable bonds is 7. The summed E-state index contributed by atoms with van der Waals surface area (Å²) in [5.74, 6) is 0.511. The summed E-state index contributed by atoms with van der Waals surface area (Å²) in [5, 5.41) is 11.9. The molecule has 7 nitrogen and oxygen atoms in total. The Balaban J connectivity index is 1.81. The zero-order chi connectivity index (χ0) is 21.0. The van der Waals surface area contributed by atoms with Gasteiger partial charge in [0.2, 0.25) is 11.3 Å². The van der Waals surface area contributed by atoms with Gasteiger partial charge in [-0.3, -0.25) is 9.59 Å². The van der Waals surface area contributed by atoms with Gasteiger partial charge in [-0.25, -0.2) is 0 Å². The Bertz CT molecular complexity index is 1090. The minimum atomic E-state index is -0.220. The Morgan fingerprint density at radius 1 is 1.24 bits per heavy atom. The summed E-state index contributed by atoms with van der Waals surface area (Å²) in [7, 11) is 1.44. The van der Waals surface area contributed by atoms with Gasteiger partial charge in [-0.15, -0.1) is 10.2 Å².